The fourth-order valence-corrected chi connectivity index (χ4v) is 6.00. The van der Waals surface area contributed by atoms with Gasteiger partial charge in [0.2, 0.25) is 0 Å². The number of hydrogen-bond donors (Lipinski definition) is 0. The van der Waals surface area contributed by atoms with Crippen LogP contribution in [-0.2, 0) is 5.41 Å². The van der Waals surface area contributed by atoms with Gasteiger partial charge in [-0.1, -0.05) is 98.8 Å². The SMILES string of the molecule is CC(C)(c1ccccc1)c1ccnc(-c2cccc3c2sc2ccc(-c4ccccc4)cc23)c1. The Morgan fingerprint density at radius 1 is 0.618 bits per heavy atom. The van der Waals surface area contributed by atoms with E-state index in [9.17, 15) is 0 Å². The lowest BCUT2D eigenvalue weighted by Crippen LogP contribution is -2.18. The second-order valence-corrected chi connectivity index (χ2v) is 10.3. The first-order valence-electron chi connectivity index (χ1n) is 11.6. The fraction of sp³-hybridized carbons (Fsp3) is 0.0938. The van der Waals surface area contributed by atoms with Crippen molar-refractivity contribution < 1.29 is 0 Å². The van der Waals surface area contributed by atoms with Crippen molar-refractivity contribution in [3.8, 4) is 22.4 Å². The van der Waals surface area contributed by atoms with E-state index < -0.39 is 0 Å². The number of rotatable bonds is 4. The van der Waals surface area contributed by atoms with Gasteiger partial charge in [-0.15, -0.1) is 11.3 Å². The molecule has 0 saturated heterocycles. The van der Waals surface area contributed by atoms with Crippen LogP contribution in [0.15, 0.2) is 115 Å². The number of thiophene rings is 1. The molecule has 164 valence electrons. The molecule has 2 aromatic heterocycles. The molecule has 0 aliphatic rings. The summed E-state index contributed by atoms with van der Waals surface area (Å²) in [4.78, 5) is 4.81. The lowest BCUT2D eigenvalue weighted by molar-refractivity contribution is 0.640. The highest BCUT2D eigenvalue weighted by atomic mass is 32.1. The van der Waals surface area contributed by atoms with E-state index >= 15 is 0 Å². The smallest absolute Gasteiger partial charge is 0.0719 e. The van der Waals surface area contributed by atoms with Crippen LogP contribution in [0.4, 0.5) is 0 Å². The van der Waals surface area contributed by atoms with E-state index in [1.54, 1.807) is 0 Å². The molecule has 0 atom stereocenters. The molecule has 4 aromatic carbocycles. The largest absolute Gasteiger partial charge is 0.256 e. The Bertz CT molecular complexity index is 1610. The molecule has 1 nitrogen and oxygen atoms in total. The second kappa shape index (κ2) is 8.23. The average Bonchev–Trinajstić information content (AvgIpc) is 3.28. The summed E-state index contributed by atoms with van der Waals surface area (Å²) < 4.78 is 2.60. The van der Waals surface area contributed by atoms with Gasteiger partial charge in [-0.2, -0.15) is 0 Å². The van der Waals surface area contributed by atoms with Gasteiger partial charge >= 0.3 is 0 Å². The van der Waals surface area contributed by atoms with Gasteiger partial charge < -0.3 is 0 Å². The summed E-state index contributed by atoms with van der Waals surface area (Å²) in [7, 11) is 0. The number of benzene rings is 4. The maximum Gasteiger partial charge on any atom is 0.0719 e. The zero-order valence-electron chi connectivity index (χ0n) is 19.3. The fourth-order valence-electron chi connectivity index (χ4n) is 4.80. The standard InChI is InChI=1S/C32H25NS/c1-32(2,24-12-7-4-8-13-24)25-18-19-33-29(21-25)27-15-9-14-26-28-20-23(22-10-5-3-6-11-22)16-17-30(28)34-31(26)27/h3-21H,1-2H3. The highest BCUT2D eigenvalue weighted by molar-refractivity contribution is 7.26. The summed E-state index contributed by atoms with van der Waals surface area (Å²) >= 11 is 1.86. The van der Waals surface area contributed by atoms with Crippen molar-refractivity contribution in [3.63, 3.8) is 0 Å². The van der Waals surface area contributed by atoms with Gasteiger partial charge in [-0.05, 0) is 46.5 Å². The van der Waals surface area contributed by atoms with Crippen LogP contribution < -0.4 is 0 Å². The van der Waals surface area contributed by atoms with Crippen LogP contribution in [0, 0.1) is 0 Å². The minimum atomic E-state index is -0.0996. The number of aromatic nitrogens is 1. The Kier molecular flexibility index (Phi) is 5.04. The van der Waals surface area contributed by atoms with Crippen LogP contribution in [0.3, 0.4) is 0 Å². The summed E-state index contributed by atoms with van der Waals surface area (Å²) in [5.41, 5.74) is 7.21. The van der Waals surface area contributed by atoms with Gasteiger partial charge in [0.1, 0.15) is 0 Å². The van der Waals surface area contributed by atoms with Gasteiger partial charge in [0.05, 0.1) is 5.69 Å². The zero-order chi connectivity index (χ0) is 23.1. The molecule has 2 heteroatoms. The normalized spacial score (nSPS) is 11.8. The van der Waals surface area contributed by atoms with E-state index in [1.165, 1.54) is 48.0 Å². The summed E-state index contributed by atoms with van der Waals surface area (Å²) in [6.07, 6.45) is 1.95. The molecule has 0 radical (unpaired) electrons. The topological polar surface area (TPSA) is 12.9 Å². The second-order valence-electron chi connectivity index (χ2n) is 9.28. The molecule has 0 unspecified atom stereocenters. The molecule has 0 amide bonds. The van der Waals surface area contributed by atoms with Gasteiger partial charge in [-0.3, -0.25) is 4.98 Å². The third-order valence-electron chi connectivity index (χ3n) is 6.86. The molecule has 0 aliphatic carbocycles. The molecule has 6 aromatic rings. The summed E-state index contributed by atoms with van der Waals surface area (Å²) in [6.45, 7) is 4.57. The van der Waals surface area contributed by atoms with Crippen LogP contribution in [0.1, 0.15) is 25.0 Å². The average molecular weight is 456 g/mol. The predicted molar refractivity (Wildman–Crippen MR) is 147 cm³/mol. The third-order valence-corrected chi connectivity index (χ3v) is 8.08. The maximum atomic E-state index is 4.81. The molecule has 6 rings (SSSR count). The van der Waals surface area contributed by atoms with Crippen molar-refractivity contribution in [2.45, 2.75) is 19.3 Å². The molecular formula is C32H25NS. The Morgan fingerprint density at radius 3 is 2.18 bits per heavy atom. The van der Waals surface area contributed by atoms with Crippen molar-refractivity contribution in [2.75, 3.05) is 0 Å². The van der Waals surface area contributed by atoms with Gasteiger partial charge in [0.15, 0.2) is 0 Å². The first-order chi connectivity index (χ1) is 16.6. The minimum absolute atomic E-state index is 0.0996. The number of hydrogen-bond acceptors (Lipinski definition) is 2. The Labute approximate surface area is 204 Å². The molecule has 0 aliphatic heterocycles. The maximum absolute atomic E-state index is 4.81. The molecule has 2 heterocycles. The van der Waals surface area contributed by atoms with Gasteiger partial charge in [-0.25, -0.2) is 0 Å². The highest BCUT2D eigenvalue weighted by Crippen LogP contribution is 2.41. The van der Waals surface area contributed by atoms with E-state index in [2.05, 4.69) is 123 Å². The lowest BCUT2D eigenvalue weighted by atomic mass is 9.78. The molecule has 0 fully saturated rings. The predicted octanol–water partition coefficient (Wildman–Crippen LogP) is 9.11. The zero-order valence-corrected chi connectivity index (χ0v) is 20.1. The quantitative estimate of drug-likeness (QED) is 0.258. The minimum Gasteiger partial charge on any atom is -0.256 e. The first-order valence-corrected chi connectivity index (χ1v) is 12.5. The number of nitrogens with zero attached hydrogens (tertiary/aromatic N) is 1. The molecule has 0 N–H and O–H groups in total. The van der Waals surface area contributed by atoms with Crippen molar-refractivity contribution in [2.24, 2.45) is 0 Å². The van der Waals surface area contributed by atoms with Gasteiger partial charge in [0.25, 0.3) is 0 Å². The molecular weight excluding hydrogens is 430 g/mol. The number of fused-ring (bicyclic) bond motifs is 3. The van der Waals surface area contributed by atoms with Crippen LogP contribution in [0.2, 0.25) is 0 Å². The molecule has 0 bridgehead atoms. The first kappa shape index (κ1) is 20.8. The Hall–Kier alpha value is -3.75. The Morgan fingerprint density at radius 2 is 1.38 bits per heavy atom. The van der Waals surface area contributed by atoms with Crippen molar-refractivity contribution in [3.05, 3.63) is 127 Å². The number of pyridine rings is 1. The van der Waals surface area contributed by atoms with Crippen molar-refractivity contribution in [1.29, 1.82) is 0 Å². The summed E-state index contributed by atoms with van der Waals surface area (Å²) in [5, 5.41) is 2.61. The molecule has 34 heavy (non-hydrogen) atoms. The van der Waals surface area contributed by atoms with Crippen LogP contribution in [-0.4, -0.2) is 4.98 Å². The van der Waals surface area contributed by atoms with E-state index in [4.69, 9.17) is 4.98 Å². The monoisotopic (exact) mass is 455 g/mol. The van der Waals surface area contributed by atoms with Crippen LogP contribution in [0.25, 0.3) is 42.6 Å². The molecule has 0 spiro atoms. The third kappa shape index (κ3) is 3.52. The van der Waals surface area contributed by atoms with Crippen molar-refractivity contribution >= 4 is 31.5 Å². The van der Waals surface area contributed by atoms with E-state index in [1.807, 2.05) is 17.5 Å². The van der Waals surface area contributed by atoms with Crippen LogP contribution >= 0.6 is 11.3 Å². The molecule has 0 saturated carbocycles. The van der Waals surface area contributed by atoms with E-state index in [0.717, 1.165) is 5.69 Å². The van der Waals surface area contributed by atoms with Crippen LogP contribution in [0.5, 0.6) is 0 Å². The van der Waals surface area contributed by atoms with E-state index in [-0.39, 0.29) is 5.41 Å². The van der Waals surface area contributed by atoms with Gasteiger partial charge in [0, 0.05) is 37.3 Å². The van der Waals surface area contributed by atoms with E-state index in [0.29, 0.717) is 0 Å². The Balaban J connectivity index is 1.49. The summed E-state index contributed by atoms with van der Waals surface area (Å²) in [5.74, 6) is 0. The summed E-state index contributed by atoms with van der Waals surface area (Å²) in [6, 6.07) is 39.1. The van der Waals surface area contributed by atoms with Crippen molar-refractivity contribution in [1.82, 2.24) is 4.98 Å². The highest BCUT2D eigenvalue weighted by Gasteiger charge is 2.24. The lowest BCUT2D eigenvalue weighted by Gasteiger charge is -2.26.